The Bertz CT molecular complexity index is 566. The third kappa shape index (κ3) is 3.22. The van der Waals surface area contributed by atoms with Crippen LogP contribution >= 0.6 is 0 Å². The lowest BCUT2D eigenvalue weighted by Crippen LogP contribution is -2.39. The summed E-state index contributed by atoms with van der Waals surface area (Å²) in [6.07, 6.45) is -5.42. The van der Waals surface area contributed by atoms with Crippen LogP contribution in [-0.2, 0) is 10.9 Å². The maximum Gasteiger partial charge on any atom is 0.417 e. The Hall–Kier alpha value is -1.93. The van der Waals surface area contributed by atoms with E-state index in [1.165, 1.54) is 0 Å². The van der Waals surface area contributed by atoms with Gasteiger partial charge in [0.05, 0.1) is 28.8 Å². The quantitative estimate of drug-likeness (QED) is 0.688. The van der Waals surface area contributed by atoms with Crippen LogP contribution in [0.2, 0.25) is 0 Å². The van der Waals surface area contributed by atoms with E-state index in [9.17, 15) is 23.3 Å². The fourth-order valence-corrected chi connectivity index (χ4v) is 2.22. The SMILES string of the molecule is C=C(c1c([N+](=O)[O-])cccc1C(F)(F)F)C1CNCCO1. The van der Waals surface area contributed by atoms with Gasteiger partial charge in [0.25, 0.3) is 5.69 Å². The van der Waals surface area contributed by atoms with Gasteiger partial charge in [-0.3, -0.25) is 10.1 Å². The van der Waals surface area contributed by atoms with Gasteiger partial charge in [-0.2, -0.15) is 13.2 Å². The van der Waals surface area contributed by atoms with Crippen LogP contribution in [0.15, 0.2) is 24.8 Å². The van der Waals surface area contributed by atoms with Gasteiger partial charge in [0, 0.05) is 19.2 Å². The zero-order chi connectivity index (χ0) is 15.6. The first kappa shape index (κ1) is 15.5. The third-order valence-electron chi connectivity index (χ3n) is 3.18. The van der Waals surface area contributed by atoms with Gasteiger partial charge in [0.15, 0.2) is 0 Å². The molecule has 1 saturated heterocycles. The summed E-state index contributed by atoms with van der Waals surface area (Å²) in [4.78, 5) is 10.2. The van der Waals surface area contributed by atoms with Crippen LogP contribution in [-0.4, -0.2) is 30.7 Å². The number of hydrogen-bond donors (Lipinski definition) is 1. The fourth-order valence-electron chi connectivity index (χ4n) is 2.22. The molecule has 1 aromatic rings. The number of morpholine rings is 1. The van der Waals surface area contributed by atoms with E-state index in [2.05, 4.69) is 11.9 Å². The van der Waals surface area contributed by atoms with Gasteiger partial charge < -0.3 is 10.1 Å². The minimum absolute atomic E-state index is 0.0400. The normalized spacial score (nSPS) is 19.3. The summed E-state index contributed by atoms with van der Waals surface area (Å²) in [5.41, 5.74) is -2.25. The molecule has 0 spiro atoms. The predicted octanol–water partition coefficient (Wildman–Crippen LogP) is 2.62. The zero-order valence-corrected chi connectivity index (χ0v) is 10.9. The number of nitrogens with one attached hydrogen (secondary N) is 1. The molecular weight excluding hydrogens is 289 g/mol. The molecule has 1 N–H and O–H groups in total. The molecular formula is C13H13F3N2O3. The lowest BCUT2D eigenvalue weighted by molar-refractivity contribution is -0.385. The lowest BCUT2D eigenvalue weighted by atomic mass is 9.94. The summed E-state index contributed by atoms with van der Waals surface area (Å²) in [5.74, 6) is 0. The molecule has 21 heavy (non-hydrogen) atoms. The van der Waals surface area contributed by atoms with E-state index in [1.807, 2.05) is 0 Å². The van der Waals surface area contributed by atoms with Crippen molar-refractivity contribution in [2.75, 3.05) is 19.7 Å². The fraction of sp³-hybridized carbons (Fsp3) is 0.385. The molecule has 1 aromatic carbocycles. The molecule has 0 bridgehead atoms. The van der Waals surface area contributed by atoms with E-state index in [-0.39, 0.29) is 12.1 Å². The molecule has 2 rings (SSSR count). The van der Waals surface area contributed by atoms with Crippen molar-refractivity contribution in [3.05, 3.63) is 46.0 Å². The van der Waals surface area contributed by atoms with Gasteiger partial charge in [-0.1, -0.05) is 12.6 Å². The summed E-state index contributed by atoms with van der Waals surface area (Å²) in [5, 5.41) is 14.0. The summed E-state index contributed by atoms with van der Waals surface area (Å²) in [6, 6.07) is 2.85. The molecule has 0 aliphatic carbocycles. The minimum atomic E-state index is -4.70. The van der Waals surface area contributed by atoms with E-state index < -0.39 is 34.0 Å². The first-order chi connectivity index (χ1) is 9.82. The highest BCUT2D eigenvalue weighted by molar-refractivity contribution is 5.77. The Balaban J connectivity index is 2.53. The monoisotopic (exact) mass is 302 g/mol. The van der Waals surface area contributed by atoms with Crippen LogP contribution in [0.5, 0.6) is 0 Å². The van der Waals surface area contributed by atoms with E-state index in [0.29, 0.717) is 13.2 Å². The van der Waals surface area contributed by atoms with E-state index in [4.69, 9.17) is 4.74 Å². The molecule has 0 radical (unpaired) electrons. The third-order valence-corrected chi connectivity index (χ3v) is 3.18. The Labute approximate surface area is 118 Å². The van der Waals surface area contributed by atoms with Crippen molar-refractivity contribution < 1.29 is 22.8 Å². The summed E-state index contributed by atoms with van der Waals surface area (Å²) in [7, 11) is 0. The molecule has 0 aromatic heterocycles. The van der Waals surface area contributed by atoms with Crippen molar-refractivity contribution >= 4 is 11.3 Å². The van der Waals surface area contributed by atoms with Crippen molar-refractivity contribution in [2.24, 2.45) is 0 Å². The molecule has 1 unspecified atom stereocenters. The van der Waals surface area contributed by atoms with Gasteiger partial charge in [-0.15, -0.1) is 0 Å². The van der Waals surface area contributed by atoms with Gasteiger partial charge in [-0.05, 0) is 11.6 Å². The molecule has 0 amide bonds. The van der Waals surface area contributed by atoms with Gasteiger partial charge >= 0.3 is 6.18 Å². The van der Waals surface area contributed by atoms with Crippen LogP contribution in [0, 0.1) is 10.1 Å². The molecule has 5 nitrogen and oxygen atoms in total. The lowest BCUT2D eigenvalue weighted by Gasteiger charge is -2.26. The zero-order valence-electron chi connectivity index (χ0n) is 10.9. The minimum Gasteiger partial charge on any atom is -0.371 e. The maximum atomic E-state index is 13.1. The van der Waals surface area contributed by atoms with Gasteiger partial charge in [0.1, 0.15) is 0 Å². The van der Waals surface area contributed by atoms with Crippen molar-refractivity contribution in [2.45, 2.75) is 12.3 Å². The average molecular weight is 302 g/mol. The Morgan fingerprint density at radius 2 is 2.19 bits per heavy atom. The number of nitrogens with zero attached hydrogens (tertiary/aromatic N) is 1. The molecule has 8 heteroatoms. The second-order valence-corrected chi connectivity index (χ2v) is 4.54. The van der Waals surface area contributed by atoms with Crippen LogP contribution in [0.4, 0.5) is 18.9 Å². The second-order valence-electron chi connectivity index (χ2n) is 4.54. The van der Waals surface area contributed by atoms with E-state index >= 15 is 0 Å². The van der Waals surface area contributed by atoms with Crippen LogP contribution in [0.1, 0.15) is 11.1 Å². The van der Waals surface area contributed by atoms with Crippen LogP contribution < -0.4 is 5.32 Å². The highest BCUT2D eigenvalue weighted by Crippen LogP contribution is 2.40. The van der Waals surface area contributed by atoms with Gasteiger partial charge in [-0.25, -0.2) is 0 Å². The van der Waals surface area contributed by atoms with E-state index in [1.54, 1.807) is 0 Å². The van der Waals surface area contributed by atoms with E-state index in [0.717, 1.165) is 18.2 Å². The molecule has 1 atom stereocenters. The number of halogens is 3. The van der Waals surface area contributed by atoms with Crippen LogP contribution in [0.25, 0.3) is 5.57 Å². The largest absolute Gasteiger partial charge is 0.417 e. The standard InChI is InChI=1S/C13H13F3N2O3/c1-8(11-7-17-5-6-21-11)12-9(13(14,15)16)3-2-4-10(12)18(19)20/h2-4,11,17H,1,5-7H2. The molecule has 1 fully saturated rings. The van der Waals surface area contributed by atoms with Crippen molar-refractivity contribution in [1.82, 2.24) is 5.32 Å². The highest BCUT2D eigenvalue weighted by Gasteiger charge is 2.38. The molecule has 114 valence electrons. The predicted molar refractivity (Wildman–Crippen MR) is 69.7 cm³/mol. The summed E-state index contributed by atoms with van der Waals surface area (Å²) in [6.45, 7) is 4.75. The van der Waals surface area contributed by atoms with Crippen molar-refractivity contribution in [1.29, 1.82) is 0 Å². The number of alkyl halides is 3. The molecule has 1 aliphatic rings. The smallest absolute Gasteiger partial charge is 0.371 e. The van der Waals surface area contributed by atoms with Crippen molar-refractivity contribution in [3.63, 3.8) is 0 Å². The summed E-state index contributed by atoms with van der Waals surface area (Å²) >= 11 is 0. The van der Waals surface area contributed by atoms with Crippen molar-refractivity contribution in [3.8, 4) is 0 Å². The summed E-state index contributed by atoms with van der Waals surface area (Å²) < 4.78 is 44.6. The number of rotatable bonds is 3. The number of ether oxygens (including phenoxy) is 1. The number of hydrogen-bond acceptors (Lipinski definition) is 4. The second kappa shape index (κ2) is 5.82. The Kier molecular flexibility index (Phi) is 4.29. The number of benzene rings is 1. The van der Waals surface area contributed by atoms with Gasteiger partial charge in [0.2, 0.25) is 0 Å². The number of nitro benzene ring substituents is 1. The first-order valence-corrected chi connectivity index (χ1v) is 6.18. The molecule has 1 heterocycles. The maximum absolute atomic E-state index is 13.1. The first-order valence-electron chi connectivity index (χ1n) is 6.18. The average Bonchev–Trinajstić information content (AvgIpc) is 2.45. The number of nitro groups is 1. The highest BCUT2D eigenvalue weighted by atomic mass is 19.4. The molecule has 0 saturated carbocycles. The Morgan fingerprint density at radius 3 is 2.71 bits per heavy atom. The Morgan fingerprint density at radius 1 is 1.48 bits per heavy atom. The molecule has 1 aliphatic heterocycles. The van der Waals surface area contributed by atoms with Crippen LogP contribution in [0.3, 0.4) is 0 Å². The topological polar surface area (TPSA) is 64.4 Å².